The van der Waals surface area contributed by atoms with Crippen LogP contribution in [0, 0.1) is 0 Å². The molecular weight excluding hydrogens is 280 g/mol. The number of carboxylic acid groups (broad SMARTS) is 1. The summed E-state index contributed by atoms with van der Waals surface area (Å²) in [5.74, 6) is -1.01. The Bertz CT molecular complexity index is 573. The molecular formula is C13H20N2O4S. The quantitative estimate of drug-likeness (QED) is 0.861. The molecule has 0 fully saturated rings. The number of hydrogen-bond acceptors (Lipinski definition) is 3. The Morgan fingerprint density at radius 2 is 1.75 bits per heavy atom. The van der Waals surface area contributed by atoms with Crippen molar-refractivity contribution in [2.45, 2.75) is 32.9 Å². The zero-order valence-electron chi connectivity index (χ0n) is 12.0. The number of nitrogens with one attached hydrogen (secondary N) is 1. The molecule has 0 aliphatic carbocycles. The predicted molar refractivity (Wildman–Crippen MR) is 76.7 cm³/mol. The summed E-state index contributed by atoms with van der Waals surface area (Å²) < 4.78 is 27.8. The first-order chi connectivity index (χ1) is 9.01. The van der Waals surface area contributed by atoms with E-state index in [0.29, 0.717) is 0 Å². The van der Waals surface area contributed by atoms with Crippen LogP contribution in [-0.4, -0.2) is 36.4 Å². The van der Waals surface area contributed by atoms with Crippen molar-refractivity contribution in [1.82, 2.24) is 9.03 Å². The Labute approximate surface area is 119 Å². The number of carboxylic acids is 1. The molecule has 0 aliphatic heterocycles. The Hall–Kier alpha value is -1.44. The molecule has 20 heavy (non-hydrogen) atoms. The summed E-state index contributed by atoms with van der Waals surface area (Å²) in [6.07, 6.45) is 0. The highest BCUT2D eigenvalue weighted by atomic mass is 32.2. The van der Waals surface area contributed by atoms with Gasteiger partial charge in [-0.05, 0) is 38.5 Å². The molecule has 1 rings (SSSR count). The molecule has 0 aromatic heterocycles. The predicted octanol–water partition coefficient (Wildman–Crippen LogP) is 1.45. The molecule has 2 N–H and O–H groups in total. The van der Waals surface area contributed by atoms with E-state index in [1.165, 1.54) is 23.5 Å². The van der Waals surface area contributed by atoms with Crippen LogP contribution in [0.4, 0.5) is 0 Å². The van der Waals surface area contributed by atoms with Crippen molar-refractivity contribution >= 4 is 16.2 Å². The van der Waals surface area contributed by atoms with Crippen LogP contribution >= 0.6 is 0 Å². The lowest BCUT2D eigenvalue weighted by molar-refractivity contribution is 0.0697. The normalized spacial score (nSPS) is 12.7. The summed E-state index contributed by atoms with van der Waals surface area (Å²) >= 11 is 0. The molecule has 1 aromatic carbocycles. The van der Waals surface area contributed by atoms with E-state index in [1.807, 2.05) is 0 Å². The molecule has 6 nitrogen and oxygen atoms in total. The molecule has 0 saturated carbocycles. The first kappa shape index (κ1) is 16.6. The number of carbonyl (C=O) groups is 1. The lowest BCUT2D eigenvalue weighted by atomic mass is 10.1. The summed E-state index contributed by atoms with van der Waals surface area (Å²) in [6.45, 7) is 5.46. The first-order valence-electron chi connectivity index (χ1n) is 6.09. The van der Waals surface area contributed by atoms with Gasteiger partial charge in [0.1, 0.15) is 0 Å². The van der Waals surface area contributed by atoms with Crippen molar-refractivity contribution in [3.05, 3.63) is 35.4 Å². The number of aromatic carboxylic acids is 1. The van der Waals surface area contributed by atoms with Crippen LogP contribution in [0.3, 0.4) is 0 Å². The maximum atomic E-state index is 12.0. The van der Waals surface area contributed by atoms with Gasteiger partial charge in [-0.1, -0.05) is 12.1 Å². The van der Waals surface area contributed by atoms with Gasteiger partial charge in [0.2, 0.25) is 0 Å². The summed E-state index contributed by atoms with van der Waals surface area (Å²) in [6, 6.07) is 6.11. The molecule has 0 spiro atoms. The van der Waals surface area contributed by atoms with Crippen LogP contribution in [0.1, 0.15) is 36.7 Å². The number of hydrogen-bond donors (Lipinski definition) is 2. The van der Waals surface area contributed by atoms with E-state index in [2.05, 4.69) is 4.72 Å². The monoisotopic (exact) mass is 300 g/mol. The maximum Gasteiger partial charge on any atom is 0.335 e. The molecule has 0 amide bonds. The minimum absolute atomic E-state index is 0.172. The van der Waals surface area contributed by atoms with Gasteiger partial charge in [0, 0.05) is 19.1 Å². The van der Waals surface area contributed by atoms with Crippen molar-refractivity contribution in [3.8, 4) is 0 Å². The third-order valence-electron chi connectivity index (χ3n) is 2.45. The third kappa shape index (κ3) is 4.92. The molecule has 112 valence electrons. The van der Waals surface area contributed by atoms with E-state index in [0.717, 1.165) is 5.56 Å². The van der Waals surface area contributed by atoms with Gasteiger partial charge in [-0.3, -0.25) is 0 Å². The van der Waals surface area contributed by atoms with Gasteiger partial charge >= 0.3 is 5.97 Å². The average molecular weight is 300 g/mol. The van der Waals surface area contributed by atoms with Gasteiger partial charge in [0.25, 0.3) is 10.2 Å². The second-order valence-corrected chi connectivity index (χ2v) is 7.39. The van der Waals surface area contributed by atoms with E-state index in [9.17, 15) is 13.2 Å². The van der Waals surface area contributed by atoms with Crippen molar-refractivity contribution in [2.75, 3.05) is 7.05 Å². The lowest BCUT2D eigenvalue weighted by Gasteiger charge is -2.25. The Morgan fingerprint density at radius 3 is 2.15 bits per heavy atom. The van der Waals surface area contributed by atoms with Crippen LogP contribution < -0.4 is 4.72 Å². The summed E-state index contributed by atoms with van der Waals surface area (Å²) in [5, 5.41) is 8.80. The van der Waals surface area contributed by atoms with Gasteiger partial charge in [-0.25, -0.2) is 4.79 Å². The standard InChI is InChI=1S/C13H20N2O4S/c1-13(2,3)14-20(18,19)15(4)9-10-5-7-11(8-6-10)12(16)17/h5-8,14H,9H2,1-4H3,(H,16,17). The smallest absolute Gasteiger partial charge is 0.335 e. The Morgan fingerprint density at radius 1 is 1.25 bits per heavy atom. The fourth-order valence-electron chi connectivity index (χ4n) is 1.56. The van der Waals surface area contributed by atoms with E-state index in [1.54, 1.807) is 32.9 Å². The first-order valence-corrected chi connectivity index (χ1v) is 7.53. The van der Waals surface area contributed by atoms with Gasteiger partial charge in [-0.15, -0.1) is 0 Å². The van der Waals surface area contributed by atoms with Crippen LogP contribution in [-0.2, 0) is 16.8 Å². The highest BCUT2D eigenvalue weighted by Crippen LogP contribution is 2.11. The van der Waals surface area contributed by atoms with Crippen LogP contribution in [0.15, 0.2) is 24.3 Å². The zero-order valence-corrected chi connectivity index (χ0v) is 12.9. The molecule has 0 radical (unpaired) electrons. The van der Waals surface area contributed by atoms with Crippen LogP contribution in [0.25, 0.3) is 0 Å². The molecule has 7 heteroatoms. The van der Waals surface area contributed by atoms with Gasteiger partial charge in [0.15, 0.2) is 0 Å². The van der Waals surface area contributed by atoms with Crippen molar-refractivity contribution in [1.29, 1.82) is 0 Å². The lowest BCUT2D eigenvalue weighted by Crippen LogP contribution is -2.47. The topological polar surface area (TPSA) is 86.7 Å². The molecule has 0 atom stereocenters. The van der Waals surface area contributed by atoms with Crippen molar-refractivity contribution in [3.63, 3.8) is 0 Å². The van der Waals surface area contributed by atoms with Crippen LogP contribution in [0.2, 0.25) is 0 Å². The zero-order chi connectivity index (χ0) is 15.6. The van der Waals surface area contributed by atoms with Gasteiger partial charge < -0.3 is 5.11 Å². The minimum Gasteiger partial charge on any atom is -0.478 e. The van der Waals surface area contributed by atoms with Crippen molar-refractivity contribution < 1.29 is 18.3 Å². The highest BCUT2D eigenvalue weighted by molar-refractivity contribution is 7.87. The third-order valence-corrected chi connectivity index (χ3v) is 4.27. The number of nitrogens with zero attached hydrogens (tertiary/aromatic N) is 1. The largest absolute Gasteiger partial charge is 0.478 e. The maximum absolute atomic E-state index is 12.0. The minimum atomic E-state index is -3.58. The average Bonchev–Trinajstić information content (AvgIpc) is 2.26. The molecule has 0 heterocycles. The van der Waals surface area contributed by atoms with E-state index >= 15 is 0 Å². The molecule has 1 aromatic rings. The number of benzene rings is 1. The fraction of sp³-hybridized carbons (Fsp3) is 0.462. The molecule has 0 aliphatic rings. The second-order valence-electron chi connectivity index (χ2n) is 5.62. The Balaban J connectivity index is 2.80. The SMILES string of the molecule is CN(Cc1ccc(C(=O)O)cc1)S(=O)(=O)NC(C)(C)C. The summed E-state index contributed by atoms with van der Waals surface area (Å²) in [4.78, 5) is 10.7. The number of rotatable bonds is 5. The van der Waals surface area contributed by atoms with Crippen molar-refractivity contribution in [2.24, 2.45) is 0 Å². The van der Waals surface area contributed by atoms with Crippen LogP contribution in [0.5, 0.6) is 0 Å². The van der Waals surface area contributed by atoms with E-state index in [-0.39, 0.29) is 12.1 Å². The van der Waals surface area contributed by atoms with Gasteiger partial charge in [-0.2, -0.15) is 17.4 Å². The second kappa shape index (κ2) is 5.90. The Kier molecular flexibility index (Phi) is 4.90. The summed E-state index contributed by atoms with van der Waals surface area (Å²) in [7, 11) is -2.10. The van der Waals surface area contributed by atoms with Gasteiger partial charge in [0.05, 0.1) is 5.56 Å². The van der Waals surface area contributed by atoms with E-state index in [4.69, 9.17) is 5.11 Å². The highest BCUT2D eigenvalue weighted by Gasteiger charge is 2.24. The summed E-state index contributed by atoms with van der Waals surface area (Å²) in [5.41, 5.74) is 0.337. The fourth-order valence-corrected chi connectivity index (χ4v) is 2.81. The molecule has 0 unspecified atom stereocenters. The van der Waals surface area contributed by atoms with E-state index < -0.39 is 21.7 Å². The molecule has 0 bridgehead atoms. The molecule has 0 saturated heterocycles.